The molecule has 0 bridgehead atoms. The van der Waals surface area contributed by atoms with Crippen LogP contribution < -0.4 is 0 Å². The fourth-order valence-electron chi connectivity index (χ4n) is 1.66. The number of amides is 1. The zero-order valence-electron chi connectivity index (χ0n) is 8.06. The number of carbonyl (C=O) groups is 1. The number of aliphatic hydroxyl groups is 1. The maximum Gasteiger partial charge on any atom is 0.264 e. The van der Waals surface area contributed by atoms with Crippen molar-refractivity contribution in [3.05, 3.63) is 21.9 Å². The summed E-state index contributed by atoms with van der Waals surface area (Å²) in [6.07, 6.45) is 0.370. The highest BCUT2D eigenvalue weighted by molar-refractivity contribution is 7.12. The quantitative estimate of drug-likeness (QED) is 0.759. The molecular weight excluding hydrogens is 198 g/mol. The lowest BCUT2D eigenvalue weighted by Crippen LogP contribution is -2.29. The second-order valence-corrected chi connectivity index (χ2v) is 4.54. The van der Waals surface area contributed by atoms with Crippen molar-refractivity contribution in [3.63, 3.8) is 0 Å². The predicted molar refractivity (Wildman–Crippen MR) is 55.6 cm³/mol. The van der Waals surface area contributed by atoms with E-state index in [1.165, 1.54) is 11.3 Å². The molecule has 1 saturated heterocycles. The number of hydrogen-bond donors (Lipinski definition) is 1. The second-order valence-electron chi connectivity index (χ2n) is 3.63. The molecule has 1 unspecified atom stereocenters. The topological polar surface area (TPSA) is 40.5 Å². The average molecular weight is 211 g/mol. The van der Waals surface area contributed by atoms with Crippen molar-refractivity contribution in [2.24, 2.45) is 0 Å². The number of aryl methyl sites for hydroxylation is 1. The van der Waals surface area contributed by atoms with E-state index in [1.54, 1.807) is 4.90 Å². The Bertz CT molecular complexity index is 348. The fraction of sp³-hybridized carbons (Fsp3) is 0.500. The number of nitrogens with zero attached hydrogens (tertiary/aromatic N) is 1. The summed E-state index contributed by atoms with van der Waals surface area (Å²) in [5.74, 6) is 0.0639. The molecule has 3 nitrogen and oxygen atoms in total. The van der Waals surface area contributed by atoms with E-state index in [0.717, 1.165) is 10.4 Å². The van der Waals surface area contributed by atoms with Crippen molar-refractivity contribution in [2.75, 3.05) is 13.1 Å². The van der Waals surface area contributed by atoms with E-state index in [9.17, 15) is 9.90 Å². The van der Waals surface area contributed by atoms with Crippen LogP contribution in [0.25, 0.3) is 0 Å². The normalized spacial score (nSPS) is 21.6. The minimum atomic E-state index is -0.334. The van der Waals surface area contributed by atoms with Crippen LogP contribution in [0.15, 0.2) is 11.4 Å². The zero-order chi connectivity index (χ0) is 10.1. The van der Waals surface area contributed by atoms with Gasteiger partial charge in [-0.3, -0.25) is 4.79 Å². The van der Waals surface area contributed by atoms with E-state index in [1.807, 2.05) is 18.4 Å². The molecule has 0 saturated carbocycles. The van der Waals surface area contributed by atoms with Crippen molar-refractivity contribution in [1.82, 2.24) is 4.90 Å². The molecule has 0 aromatic carbocycles. The molecule has 14 heavy (non-hydrogen) atoms. The van der Waals surface area contributed by atoms with Crippen molar-refractivity contribution in [2.45, 2.75) is 19.4 Å². The van der Waals surface area contributed by atoms with E-state index in [4.69, 9.17) is 0 Å². The molecule has 1 aliphatic rings. The number of carbonyl (C=O) groups excluding carboxylic acids is 1. The van der Waals surface area contributed by atoms with Gasteiger partial charge >= 0.3 is 0 Å². The van der Waals surface area contributed by atoms with Crippen LogP contribution in [0.2, 0.25) is 0 Å². The van der Waals surface area contributed by atoms with Crippen molar-refractivity contribution in [1.29, 1.82) is 0 Å². The molecule has 1 fully saturated rings. The third-order valence-corrected chi connectivity index (χ3v) is 3.51. The molecule has 0 spiro atoms. The maximum absolute atomic E-state index is 11.9. The summed E-state index contributed by atoms with van der Waals surface area (Å²) in [5, 5.41) is 11.3. The third-order valence-electron chi connectivity index (χ3n) is 2.51. The van der Waals surface area contributed by atoms with Crippen LogP contribution in [0.4, 0.5) is 0 Å². The number of hydrogen-bond acceptors (Lipinski definition) is 3. The van der Waals surface area contributed by atoms with Gasteiger partial charge in [0.2, 0.25) is 0 Å². The lowest BCUT2D eigenvalue weighted by Gasteiger charge is -2.14. The maximum atomic E-state index is 11.9. The first-order valence-corrected chi connectivity index (χ1v) is 5.58. The van der Waals surface area contributed by atoms with Crippen LogP contribution in [0.5, 0.6) is 0 Å². The number of rotatable bonds is 1. The van der Waals surface area contributed by atoms with E-state index >= 15 is 0 Å². The van der Waals surface area contributed by atoms with Crippen LogP contribution in [0.3, 0.4) is 0 Å². The molecule has 2 rings (SSSR count). The Morgan fingerprint density at radius 2 is 2.50 bits per heavy atom. The van der Waals surface area contributed by atoms with Gasteiger partial charge in [-0.1, -0.05) is 0 Å². The summed E-state index contributed by atoms with van der Waals surface area (Å²) in [7, 11) is 0. The van der Waals surface area contributed by atoms with Crippen LogP contribution in [0.1, 0.15) is 21.7 Å². The van der Waals surface area contributed by atoms with E-state index in [-0.39, 0.29) is 12.0 Å². The molecule has 1 amide bonds. The zero-order valence-corrected chi connectivity index (χ0v) is 8.88. The molecular formula is C10H13NO2S. The Morgan fingerprint density at radius 3 is 3.00 bits per heavy atom. The van der Waals surface area contributed by atoms with E-state index in [0.29, 0.717) is 19.5 Å². The summed E-state index contributed by atoms with van der Waals surface area (Å²) in [5.41, 5.74) is 1.03. The Hall–Kier alpha value is -0.870. The van der Waals surface area contributed by atoms with Gasteiger partial charge in [0, 0.05) is 13.1 Å². The number of β-amino-alcohol motifs (C(OH)–C–C–N with tert-alkyl or cyclic N) is 1. The minimum absolute atomic E-state index is 0.0639. The van der Waals surface area contributed by atoms with Gasteiger partial charge in [-0.2, -0.15) is 0 Å². The van der Waals surface area contributed by atoms with Crippen molar-refractivity contribution in [3.8, 4) is 0 Å². The fourth-order valence-corrected chi connectivity index (χ4v) is 2.55. The molecule has 0 aliphatic carbocycles. The Kier molecular flexibility index (Phi) is 2.56. The lowest BCUT2D eigenvalue weighted by molar-refractivity contribution is 0.0769. The van der Waals surface area contributed by atoms with Gasteiger partial charge < -0.3 is 10.0 Å². The van der Waals surface area contributed by atoms with Gasteiger partial charge in [0.25, 0.3) is 5.91 Å². The Labute approximate surface area is 87.0 Å². The first-order chi connectivity index (χ1) is 6.68. The van der Waals surface area contributed by atoms with E-state index in [2.05, 4.69) is 0 Å². The molecule has 2 heterocycles. The van der Waals surface area contributed by atoms with Gasteiger partial charge in [0.05, 0.1) is 11.0 Å². The third kappa shape index (κ3) is 1.67. The van der Waals surface area contributed by atoms with Crippen molar-refractivity contribution >= 4 is 17.2 Å². The summed E-state index contributed by atoms with van der Waals surface area (Å²) in [4.78, 5) is 14.4. The lowest BCUT2D eigenvalue weighted by atomic mass is 10.3. The molecule has 1 aromatic heterocycles. The summed E-state index contributed by atoms with van der Waals surface area (Å²) < 4.78 is 0. The molecule has 76 valence electrons. The average Bonchev–Trinajstić information content (AvgIpc) is 2.73. The molecule has 4 heteroatoms. The first kappa shape index (κ1) is 9.68. The largest absolute Gasteiger partial charge is 0.391 e. The monoisotopic (exact) mass is 211 g/mol. The van der Waals surface area contributed by atoms with E-state index < -0.39 is 0 Å². The van der Waals surface area contributed by atoms with Gasteiger partial charge in [0.15, 0.2) is 0 Å². The highest BCUT2D eigenvalue weighted by atomic mass is 32.1. The SMILES string of the molecule is Cc1ccsc1C(=O)N1CCC(O)C1. The second kappa shape index (κ2) is 3.71. The summed E-state index contributed by atoms with van der Waals surface area (Å²) >= 11 is 1.47. The number of thiophene rings is 1. The number of aliphatic hydroxyl groups excluding tert-OH is 1. The van der Waals surface area contributed by atoms with Crippen molar-refractivity contribution < 1.29 is 9.90 Å². The molecule has 1 aliphatic heterocycles. The number of likely N-dealkylation sites (tertiary alicyclic amines) is 1. The van der Waals surface area contributed by atoms with Gasteiger partial charge in [0.1, 0.15) is 0 Å². The molecule has 1 N–H and O–H groups in total. The predicted octanol–water partition coefficient (Wildman–Crippen LogP) is 1.26. The minimum Gasteiger partial charge on any atom is -0.391 e. The van der Waals surface area contributed by atoms with Crippen LogP contribution in [-0.2, 0) is 0 Å². The van der Waals surface area contributed by atoms with Gasteiger partial charge in [-0.25, -0.2) is 0 Å². The van der Waals surface area contributed by atoms with Gasteiger partial charge in [-0.05, 0) is 30.4 Å². The van der Waals surface area contributed by atoms with Crippen LogP contribution >= 0.6 is 11.3 Å². The molecule has 1 aromatic rings. The molecule has 1 atom stereocenters. The summed E-state index contributed by atoms with van der Waals surface area (Å²) in [6.45, 7) is 3.10. The first-order valence-electron chi connectivity index (χ1n) is 4.70. The van der Waals surface area contributed by atoms with Crippen LogP contribution in [0, 0.1) is 6.92 Å². The smallest absolute Gasteiger partial charge is 0.264 e. The van der Waals surface area contributed by atoms with Crippen LogP contribution in [-0.4, -0.2) is 35.1 Å². The summed E-state index contributed by atoms with van der Waals surface area (Å²) in [6, 6.07) is 1.95. The van der Waals surface area contributed by atoms with Gasteiger partial charge in [-0.15, -0.1) is 11.3 Å². The Morgan fingerprint density at radius 1 is 1.71 bits per heavy atom. The standard InChI is InChI=1S/C10H13NO2S/c1-7-3-5-14-9(7)10(13)11-4-2-8(12)6-11/h3,5,8,12H,2,4,6H2,1H3. The Balaban J connectivity index is 2.13. The molecule has 0 radical (unpaired) electrons. The highest BCUT2D eigenvalue weighted by Gasteiger charge is 2.26. The highest BCUT2D eigenvalue weighted by Crippen LogP contribution is 2.20.